The third kappa shape index (κ3) is 5.77. The number of nitrogens with one attached hydrogen (secondary N) is 2. The van der Waals surface area contributed by atoms with E-state index in [1.54, 1.807) is 48.5 Å². The van der Waals surface area contributed by atoms with Crippen molar-refractivity contribution >= 4 is 29.3 Å². The minimum atomic E-state index is -1.05. The van der Waals surface area contributed by atoms with Crippen LogP contribution in [0.1, 0.15) is 47.1 Å². The Labute approximate surface area is 163 Å². The number of benzene rings is 2. The lowest BCUT2D eigenvalue weighted by Gasteiger charge is -2.15. The number of ketones is 1. The Hall–Kier alpha value is -3.48. The molecule has 28 heavy (non-hydrogen) atoms. The van der Waals surface area contributed by atoms with E-state index in [0.29, 0.717) is 17.8 Å². The maximum absolute atomic E-state index is 12.3. The van der Waals surface area contributed by atoms with Gasteiger partial charge in [0.25, 0.3) is 5.91 Å². The van der Waals surface area contributed by atoms with Crippen LogP contribution in [0.5, 0.6) is 0 Å². The predicted octanol–water partition coefficient (Wildman–Crippen LogP) is 2.71. The van der Waals surface area contributed by atoms with Crippen molar-refractivity contribution in [3.8, 4) is 0 Å². The van der Waals surface area contributed by atoms with Crippen LogP contribution in [-0.4, -0.2) is 29.7 Å². The van der Waals surface area contributed by atoms with E-state index in [4.69, 9.17) is 4.74 Å². The van der Waals surface area contributed by atoms with Gasteiger partial charge in [-0.15, -0.1) is 0 Å². The number of carbonyl (C=O) groups excluding carboxylic acids is 4. The zero-order valence-corrected chi connectivity index (χ0v) is 15.9. The van der Waals surface area contributed by atoms with Gasteiger partial charge in [-0.3, -0.25) is 14.4 Å². The van der Waals surface area contributed by atoms with Crippen molar-refractivity contribution in [1.29, 1.82) is 0 Å². The molecule has 0 aliphatic heterocycles. The Morgan fingerprint density at radius 1 is 0.964 bits per heavy atom. The number of esters is 1. The molecule has 0 radical (unpaired) electrons. The number of hydrogen-bond donors (Lipinski definition) is 2. The quantitative estimate of drug-likeness (QED) is 0.566. The lowest BCUT2D eigenvalue weighted by molar-refractivity contribution is -0.123. The number of hydrogen-bond acceptors (Lipinski definition) is 5. The van der Waals surface area contributed by atoms with Crippen LogP contribution >= 0.6 is 0 Å². The Balaban J connectivity index is 1.97. The second kappa shape index (κ2) is 9.45. The van der Waals surface area contributed by atoms with Crippen LogP contribution in [0, 0.1) is 0 Å². The first-order valence-electron chi connectivity index (χ1n) is 8.73. The highest BCUT2D eigenvalue weighted by atomic mass is 16.5. The van der Waals surface area contributed by atoms with Crippen LogP contribution in [0.25, 0.3) is 0 Å². The highest BCUT2D eigenvalue weighted by molar-refractivity contribution is 6.05. The molecular formula is C21H22N2O5. The lowest BCUT2D eigenvalue weighted by atomic mass is 10.1. The normalized spacial score (nSPS) is 11.2. The van der Waals surface area contributed by atoms with Gasteiger partial charge in [-0.1, -0.05) is 24.3 Å². The molecule has 2 aromatic carbocycles. The minimum absolute atomic E-state index is 0.144. The molecule has 1 unspecified atom stereocenters. The third-order valence-corrected chi connectivity index (χ3v) is 3.95. The van der Waals surface area contributed by atoms with Gasteiger partial charge in [0.15, 0.2) is 11.9 Å². The molecule has 2 aromatic rings. The number of ether oxygens (including phenoxy) is 1. The summed E-state index contributed by atoms with van der Waals surface area (Å²) in [5, 5.41) is 5.27. The molecule has 146 valence electrons. The molecule has 0 bridgehead atoms. The Bertz CT molecular complexity index is 890. The van der Waals surface area contributed by atoms with Crippen molar-refractivity contribution in [3.63, 3.8) is 0 Å². The largest absolute Gasteiger partial charge is 0.449 e. The van der Waals surface area contributed by atoms with E-state index < -0.39 is 18.0 Å². The van der Waals surface area contributed by atoms with E-state index in [2.05, 4.69) is 10.6 Å². The minimum Gasteiger partial charge on any atom is -0.449 e. The molecule has 2 rings (SSSR count). The number of anilines is 1. The predicted molar refractivity (Wildman–Crippen MR) is 104 cm³/mol. The van der Waals surface area contributed by atoms with Crippen molar-refractivity contribution in [1.82, 2.24) is 5.32 Å². The first-order valence-corrected chi connectivity index (χ1v) is 8.73. The van der Waals surface area contributed by atoms with Crippen molar-refractivity contribution in [2.75, 3.05) is 5.32 Å². The van der Waals surface area contributed by atoms with Gasteiger partial charge in [-0.05, 0) is 43.7 Å². The Morgan fingerprint density at radius 3 is 2.21 bits per heavy atom. The maximum Gasteiger partial charge on any atom is 0.338 e. The van der Waals surface area contributed by atoms with E-state index in [1.807, 2.05) is 0 Å². The summed E-state index contributed by atoms with van der Waals surface area (Å²) in [5.74, 6) is -1.51. The first-order chi connectivity index (χ1) is 13.3. The van der Waals surface area contributed by atoms with E-state index in [1.165, 1.54) is 20.8 Å². The van der Waals surface area contributed by atoms with Crippen molar-refractivity contribution < 1.29 is 23.9 Å². The summed E-state index contributed by atoms with van der Waals surface area (Å²) in [6.45, 7) is 4.64. The van der Waals surface area contributed by atoms with Gasteiger partial charge in [-0.2, -0.15) is 0 Å². The molecule has 1 atom stereocenters. The molecule has 0 saturated carbocycles. The van der Waals surface area contributed by atoms with Crippen molar-refractivity contribution in [2.24, 2.45) is 0 Å². The summed E-state index contributed by atoms with van der Waals surface area (Å²) in [6.07, 6.45) is -1.05. The molecule has 0 aliphatic rings. The average Bonchev–Trinajstić information content (AvgIpc) is 2.66. The zero-order chi connectivity index (χ0) is 20.7. The molecule has 0 saturated heterocycles. The summed E-state index contributed by atoms with van der Waals surface area (Å²) < 4.78 is 5.20. The summed E-state index contributed by atoms with van der Waals surface area (Å²) in [6, 6.07) is 13.1. The van der Waals surface area contributed by atoms with Crippen LogP contribution in [-0.2, 0) is 20.9 Å². The van der Waals surface area contributed by atoms with Crippen LogP contribution in [0.3, 0.4) is 0 Å². The van der Waals surface area contributed by atoms with Crippen molar-refractivity contribution in [3.05, 3.63) is 65.2 Å². The van der Waals surface area contributed by atoms with E-state index in [0.717, 1.165) is 5.56 Å². The number of Topliss-reactive ketones (excluding diaryl/α,β-unsaturated/α-hetero) is 1. The fourth-order valence-corrected chi connectivity index (χ4v) is 2.40. The van der Waals surface area contributed by atoms with Gasteiger partial charge in [-0.25, -0.2) is 4.79 Å². The van der Waals surface area contributed by atoms with Crippen LogP contribution in [0.15, 0.2) is 48.5 Å². The fraction of sp³-hybridized carbons (Fsp3) is 0.238. The van der Waals surface area contributed by atoms with Crippen LogP contribution in [0.4, 0.5) is 5.69 Å². The fourth-order valence-electron chi connectivity index (χ4n) is 2.40. The Kier molecular flexibility index (Phi) is 7.03. The molecule has 0 aromatic heterocycles. The highest BCUT2D eigenvalue weighted by Crippen LogP contribution is 2.16. The van der Waals surface area contributed by atoms with Crippen LogP contribution < -0.4 is 10.6 Å². The average molecular weight is 382 g/mol. The standard InChI is InChI=1S/C21H22N2O5/c1-13(24)18-6-4-5-7-19(18)23-20(26)14(2)28-21(27)17-10-8-16(9-11-17)12-22-15(3)25/h4-11,14H,12H2,1-3H3,(H,22,25)(H,23,26). The molecule has 0 heterocycles. The third-order valence-electron chi connectivity index (χ3n) is 3.95. The SMILES string of the molecule is CC(=O)NCc1ccc(C(=O)OC(C)C(=O)Nc2ccccc2C(C)=O)cc1. The topological polar surface area (TPSA) is 102 Å². The molecule has 0 fully saturated rings. The Morgan fingerprint density at radius 2 is 1.61 bits per heavy atom. The summed E-state index contributed by atoms with van der Waals surface area (Å²) in [7, 11) is 0. The summed E-state index contributed by atoms with van der Waals surface area (Å²) >= 11 is 0. The second-order valence-corrected chi connectivity index (χ2v) is 6.25. The zero-order valence-electron chi connectivity index (χ0n) is 15.9. The summed E-state index contributed by atoms with van der Waals surface area (Å²) in [5.41, 5.74) is 1.86. The number of carbonyl (C=O) groups is 4. The summed E-state index contributed by atoms with van der Waals surface area (Å²) in [4.78, 5) is 47.1. The van der Waals surface area contributed by atoms with Gasteiger partial charge >= 0.3 is 5.97 Å². The highest BCUT2D eigenvalue weighted by Gasteiger charge is 2.20. The van der Waals surface area contributed by atoms with E-state index >= 15 is 0 Å². The number of para-hydroxylation sites is 1. The van der Waals surface area contributed by atoms with E-state index in [-0.39, 0.29) is 17.3 Å². The number of amides is 2. The van der Waals surface area contributed by atoms with E-state index in [9.17, 15) is 19.2 Å². The van der Waals surface area contributed by atoms with Gasteiger partial charge in [0.05, 0.1) is 11.3 Å². The first kappa shape index (κ1) is 20.8. The lowest BCUT2D eigenvalue weighted by Crippen LogP contribution is -2.30. The second-order valence-electron chi connectivity index (χ2n) is 6.25. The van der Waals surface area contributed by atoms with Gasteiger partial charge in [0.2, 0.25) is 5.91 Å². The molecule has 2 amide bonds. The molecule has 0 aliphatic carbocycles. The van der Waals surface area contributed by atoms with Gasteiger partial charge in [0.1, 0.15) is 0 Å². The van der Waals surface area contributed by atoms with Gasteiger partial charge < -0.3 is 15.4 Å². The molecule has 7 nitrogen and oxygen atoms in total. The van der Waals surface area contributed by atoms with Gasteiger partial charge in [0, 0.05) is 19.0 Å². The monoisotopic (exact) mass is 382 g/mol. The molecule has 2 N–H and O–H groups in total. The molecule has 7 heteroatoms. The maximum atomic E-state index is 12.3. The smallest absolute Gasteiger partial charge is 0.338 e. The molecule has 0 spiro atoms. The van der Waals surface area contributed by atoms with Crippen LogP contribution in [0.2, 0.25) is 0 Å². The van der Waals surface area contributed by atoms with Crippen molar-refractivity contribution in [2.45, 2.75) is 33.4 Å². The number of rotatable bonds is 7. The molecular weight excluding hydrogens is 360 g/mol.